The van der Waals surface area contributed by atoms with Crippen LogP contribution in [0.5, 0.6) is 0 Å². The molecule has 3 atom stereocenters. The van der Waals surface area contributed by atoms with E-state index in [0.29, 0.717) is 16.5 Å². The van der Waals surface area contributed by atoms with Crippen molar-refractivity contribution in [2.24, 2.45) is 0 Å². The number of ether oxygens (including phenoxy) is 1. The summed E-state index contributed by atoms with van der Waals surface area (Å²) in [7, 11) is 1.28. The van der Waals surface area contributed by atoms with E-state index in [0.717, 1.165) is 5.01 Å². The van der Waals surface area contributed by atoms with Gasteiger partial charge < -0.3 is 4.74 Å². The molecule has 1 fully saturated rings. The molecule has 2 aliphatic rings. The van der Waals surface area contributed by atoms with Gasteiger partial charge in [0.15, 0.2) is 0 Å². The quantitative estimate of drug-likeness (QED) is 0.353. The van der Waals surface area contributed by atoms with Gasteiger partial charge in [0.1, 0.15) is 6.04 Å². The first kappa shape index (κ1) is 13.3. The zero-order valence-electron chi connectivity index (χ0n) is 10.6. The molecule has 3 rings (SSSR count). The number of esters is 1. The van der Waals surface area contributed by atoms with Crippen LogP contribution in [0.25, 0.3) is 0 Å². The van der Waals surface area contributed by atoms with E-state index < -0.39 is 23.8 Å². The van der Waals surface area contributed by atoms with E-state index >= 15 is 0 Å². The van der Waals surface area contributed by atoms with Gasteiger partial charge in [-0.15, -0.1) is 0 Å². The Kier molecular flexibility index (Phi) is 3.10. The van der Waals surface area contributed by atoms with Crippen molar-refractivity contribution in [2.45, 2.75) is 12.1 Å². The first-order valence-electron chi connectivity index (χ1n) is 6.01. The van der Waals surface area contributed by atoms with Crippen LogP contribution in [0, 0.1) is 0 Å². The van der Waals surface area contributed by atoms with Gasteiger partial charge >= 0.3 is 5.97 Å². The molecule has 20 heavy (non-hydrogen) atoms. The van der Waals surface area contributed by atoms with Gasteiger partial charge in [0.2, 0.25) is 0 Å². The molecule has 0 bridgehead atoms. The molecule has 2 aliphatic heterocycles. The van der Waals surface area contributed by atoms with Gasteiger partial charge in [-0.25, -0.2) is 5.01 Å². The second-order valence-corrected chi connectivity index (χ2v) is 5.18. The summed E-state index contributed by atoms with van der Waals surface area (Å²) >= 11 is 3.28. The Morgan fingerprint density at radius 2 is 1.80 bits per heavy atom. The highest BCUT2D eigenvalue weighted by Crippen LogP contribution is 2.37. The molecule has 6 nitrogen and oxygen atoms in total. The maximum absolute atomic E-state index is 12.3. The zero-order valence-corrected chi connectivity index (χ0v) is 12.2. The molecule has 7 heteroatoms. The Morgan fingerprint density at radius 1 is 1.25 bits per heavy atom. The van der Waals surface area contributed by atoms with Crippen LogP contribution in [0.2, 0.25) is 0 Å². The lowest BCUT2D eigenvalue weighted by Gasteiger charge is -2.15. The summed E-state index contributed by atoms with van der Waals surface area (Å²) in [5.74, 6) is -1.25. The monoisotopic (exact) mass is 338 g/mol. The smallest absolute Gasteiger partial charge is 0.326 e. The number of nitrogens with zero attached hydrogens (tertiary/aromatic N) is 2. The number of fused-ring (bicyclic) bond motifs is 1. The lowest BCUT2D eigenvalue weighted by Crippen LogP contribution is -2.38. The largest absolute Gasteiger partial charge is 0.468 e. The molecular weight excluding hydrogens is 328 g/mol. The molecular formula is C13H11BrN2O4. The van der Waals surface area contributed by atoms with Crippen LogP contribution >= 0.6 is 15.9 Å². The molecule has 0 aliphatic carbocycles. The van der Waals surface area contributed by atoms with E-state index in [4.69, 9.17) is 4.74 Å². The van der Waals surface area contributed by atoms with Crippen LogP contribution in [0.4, 0.5) is 0 Å². The van der Waals surface area contributed by atoms with Crippen LogP contribution in [0.1, 0.15) is 20.7 Å². The molecule has 1 saturated heterocycles. The van der Waals surface area contributed by atoms with Crippen LogP contribution in [-0.4, -0.2) is 52.3 Å². The summed E-state index contributed by atoms with van der Waals surface area (Å²) in [4.78, 5) is 36.3. The summed E-state index contributed by atoms with van der Waals surface area (Å²) < 4.78 is 4.69. The minimum absolute atomic E-state index is 0.246. The molecule has 3 unspecified atom stereocenters. The fourth-order valence-corrected chi connectivity index (χ4v) is 3.12. The number of rotatable bonds is 3. The third-order valence-corrected chi connectivity index (χ3v) is 4.17. The van der Waals surface area contributed by atoms with Crippen molar-refractivity contribution in [3.8, 4) is 0 Å². The van der Waals surface area contributed by atoms with Crippen molar-refractivity contribution < 1.29 is 19.1 Å². The molecule has 0 saturated carbocycles. The van der Waals surface area contributed by atoms with Crippen LogP contribution in [-0.2, 0) is 9.53 Å². The van der Waals surface area contributed by atoms with E-state index in [9.17, 15) is 14.4 Å². The standard InChI is InChI=1S/C13H11BrN2O4/c1-20-13(19)10-9(6-14)15(10)16-11(17)7-4-2-3-5-8(7)12(16)18/h2-5,9-10H,6H2,1H3. The van der Waals surface area contributed by atoms with Gasteiger partial charge in [0.25, 0.3) is 11.8 Å². The van der Waals surface area contributed by atoms with E-state index in [2.05, 4.69) is 15.9 Å². The van der Waals surface area contributed by atoms with E-state index in [1.54, 1.807) is 24.3 Å². The number of hydrazine groups is 1. The van der Waals surface area contributed by atoms with Gasteiger partial charge in [0, 0.05) is 5.33 Å². The van der Waals surface area contributed by atoms with Crippen molar-refractivity contribution >= 4 is 33.7 Å². The molecule has 0 radical (unpaired) electrons. The Bertz CT molecular complexity index is 583. The lowest BCUT2D eigenvalue weighted by molar-refractivity contribution is -0.141. The number of imide groups is 1. The SMILES string of the molecule is COC(=O)C1C(CBr)N1N1C(=O)c2ccccc2C1=O. The lowest BCUT2D eigenvalue weighted by atomic mass is 10.1. The first-order valence-corrected chi connectivity index (χ1v) is 7.13. The predicted octanol–water partition coefficient (Wildman–Crippen LogP) is 0.818. The van der Waals surface area contributed by atoms with E-state index in [1.165, 1.54) is 12.1 Å². The molecule has 1 aromatic rings. The average molecular weight is 339 g/mol. The molecule has 104 valence electrons. The molecule has 0 N–H and O–H groups in total. The number of carbonyl (C=O) groups excluding carboxylic acids is 3. The number of alkyl halides is 1. The number of hydrogen-bond acceptors (Lipinski definition) is 5. The zero-order chi connectivity index (χ0) is 14.4. The van der Waals surface area contributed by atoms with E-state index in [-0.39, 0.29) is 6.04 Å². The van der Waals surface area contributed by atoms with Crippen molar-refractivity contribution in [3.05, 3.63) is 35.4 Å². The molecule has 0 aromatic heterocycles. The van der Waals surface area contributed by atoms with Gasteiger partial charge in [-0.2, -0.15) is 5.01 Å². The van der Waals surface area contributed by atoms with Crippen LogP contribution in [0.3, 0.4) is 0 Å². The predicted molar refractivity (Wildman–Crippen MR) is 72.2 cm³/mol. The number of amides is 2. The second kappa shape index (κ2) is 4.68. The highest BCUT2D eigenvalue weighted by Gasteiger charge is 2.60. The van der Waals surface area contributed by atoms with Gasteiger partial charge in [0.05, 0.1) is 24.3 Å². The van der Waals surface area contributed by atoms with Crippen LogP contribution < -0.4 is 0 Å². The molecule has 2 heterocycles. The minimum atomic E-state index is -0.596. The number of benzene rings is 1. The molecule has 0 spiro atoms. The Balaban J connectivity index is 1.92. The van der Waals surface area contributed by atoms with Crippen LogP contribution in [0.15, 0.2) is 24.3 Å². The topological polar surface area (TPSA) is 66.7 Å². The van der Waals surface area contributed by atoms with Crippen molar-refractivity contribution in [2.75, 3.05) is 12.4 Å². The Morgan fingerprint density at radius 3 is 2.25 bits per heavy atom. The molecule has 2 amide bonds. The first-order chi connectivity index (χ1) is 9.61. The summed E-state index contributed by atoms with van der Waals surface area (Å²) in [6, 6.07) is 5.78. The number of methoxy groups -OCH3 is 1. The summed E-state index contributed by atoms with van der Waals surface area (Å²) in [5, 5.41) is 2.98. The fraction of sp³-hybridized carbons (Fsp3) is 0.308. The third kappa shape index (κ3) is 1.70. The van der Waals surface area contributed by atoms with Gasteiger partial charge in [-0.05, 0) is 12.1 Å². The maximum atomic E-state index is 12.3. The normalized spacial score (nSPS) is 27.5. The van der Waals surface area contributed by atoms with E-state index in [1.807, 2.05) is 0 Å². The number of halogens is 1. The number of carbonyl (C=O) groups is 3. The van der Waals surface area contributed by atoms with Gasteiger partial charge in [-0.1, -0.05) is 28.1 Å². The summed E-state index contributed by atoms with van der Waals surface area (Å²) in [5.41, 5.74) is 0.725. The average Bonchev–Trinajstić information content (AvgIpc) is 3.14. The van der Waals surface area contributed by atoms with Crippen molar-refractivity contribution in [3.63, 3.8) is 0 Å². The Hall–Kier alpha value is -1.73. The van der Waals surface area contributed by atoms with Crippen molar-refractivity contribution in [1.29, 1.82) is 0 Å². The highest BCUT2D eigenvalue weighted by atomic mass is 79.9. The number of hydrogen-bond donors (Lipinski definition) is 0. The third-order valence-electron chi connectivity index (χ3n) is 3.50. The fourth-order valence-electron chi connectivity index (χ4n) is 2.47. The second-order valence-electron chi connectivity index (χ2n) is 4.54. The van der Waals surface area contributed by atoms with Gasteiger partial charge in [-0.3, -0.25) is 14.4 Å². The molecule has 1 aromatic carbocycles. The minimum Gasteiger partial charge on any atom is -0.468 e. The maximum Gasteiger partial charge on any atom is 0.326 e. The summed E-state index contributed by atoms with van der Waals surface area (Å²) in [6.07, 6.45) is 0. The Labute approximate surface area is 123 Å². The van der Waals surface area contributed by atoms with Crippen molar-refractivity contribution in [1.82, 2.24) is 10.0 Å². The highest BCUT2D eigenvalue weighted by molar-refractivity contribution is 9.09. The summed E-state index contributed by atoms with van der Waals surface area (Å²) in [6.45, 7) is 0.